The molecule has 0 bridgehead atoms. The molecule has 0 aliphatic carbocycles. The van der Waals surface area contributed by atoms with Gasteiger partial charge in [-0.3, -0.25) is 10.1 Å². The molecule has 0 saturated heterocycles. The smallest absolute Gasteiger partial charge is 0.265 e. The Morgan fingerprint density at radius 3 is 2.31 bits per heavy atom. The normalized spacial score (nSPS) is 12.3. The number of alkyl halides is 3. The van der Waals surface area contributed by atoms with Gasteiger partial charge in [-0.15, -0.1) is 0 Å². The number of benzene rings is 1. The minimum atomic E-state index is -4.53. The van der Waals surface area contributed by atoms with Crippen LogP contribution in [0.3, 0.4) is 0 Å². The molecule has 0 unspecified atom stereocenters. The lowest BCUT2D eigenvalue weighted by atomic mass is 10.2. The predicted octanol–water partition coefficient (Wildman–Crippen LogP) is 2.36. The first-order valence-corrected chi connectivity index (χ1v) is 8.73. The van der Waals surface area contributed by atoms with Crippen molar-refractivity contribution in [3.05, 3.63) is 60.2 Å². The lowest BCUT2D eigenvalue weighted by Crippen LogP contribution is -2.24. The maximum atomic E-state index is 12.5. The topological polar surface area (TPSA) is 101 Å². The van der Waals surface area contributed by atoms with Gasteiger partial charge in [-0.2, -0.15) is 18.3 Å². The van der Waals surface area contributed by atoms with Gasteiger partial charge in [0.05, 0.1) is 17.0 Å². The minimum Gasteiger partial charge on any atom is -0.265 e. The summed E-state index contributed by atoms with van der Waals surface area (Å²) in [7, 11) is -3.99. The minimum absolute atomic E-state index is 0.193. The van der Waals surface area contributed by atoms with Crippen molar-refractivity contribution in [3.8, 4) is 11.4 Å². The fourth-order valence-electron chi connectivity index (χ4n) is 2.07. The van der Waals surface area contributed by atoms with Gasteiger partial charge in [-0.1, -0.05) is 0 Å². The molecule has 0 atom stereocenters. The average Bonchev–Trinajstić information content (AvgIpc) is 3.09. The molecule has 2 aromatic heterocycles. The van der Waals surface area contributed by atoms with Crippen molar-refractivity contribution in [2.45, 2.75) is 17.6 Å². The highest BCUT2D eigenvalue weighted by molar-refractivity contribution is 7.89. The molecule has 0 aliphatic heterocycles. The van der Waals surface area contributed by atoms with E-state index in [1.54, 1.807) is 24.5 Å². The monoisotopic (exact) mass is 383 g/mol. The number of hydrogen-bond acceptors (Lipinski definition) is 5. The van der Waals surface area contributed by atoms with Gasteiger partial charge in [-0.05, 0) is 36.4 Å². The van der Waals surface area contributed by atoms with Gasteiger partial charge in [0.15, 0.2) is 5.82 Å². The van der Waals surface area contributed by atoms with Crippen molar-refractivity contribution in [1.29, 1.82) is 0 Å². The van der Waals surface area contributed by atoms with Crippen molar-refractivity contribution in [3.63, 3.8) is 0 Å². The second kappa shape index (κ2) is 6.84. The fourth-order valence-corrected chi connectivity index (χ4v) is 3.06. The number of rotatable bonds is 5. The fraction of sp³-hybridized carbons (Fsp3) is 0.133. The van der Waals surface area contributed by atoms with Crippen molar-refractivity contribution < 1.29 is 21.6 Å². The zero-order chi connectivity index (χ0) is 18.8. The van der Waals surface area contributed by atoms with Gasteiger partial charge in [-0.25, -0.2) is 18.1 Å². The van der Waals surface area contributed by atoms with E-state index in [1.807, 2.05) is 0 Å². The van der Waals surface area contributed by atoms with Gasteiger partial charge in [0, 0.05) is 18.0 Å². The highest BCUT2D eigenvalue weighted by atomic mass is 32.2. The first-order valence-electron chi connectivity index (χ1n) is 7.24. The van der Waals surface area contributed by atoms with Crippen LogP contribution in [0, 0.1) is 0 Å². The van der Waals surface area contributed by atoms with Crippen LogP contribution in [0.5, 0.6) is 0 Å². The number of nitrogens with one attached hydrogen (secondary N) is 2. The summed E-state index contributed by atoms with van der Waals surface area (Å²) in [6, 6.07) is 6.61. The SMILES string of the molecule is O=S(=O)(NCc1nc(-c2ccncc2)n[nH]1)c1ccc(C(F)(F)F)cc1. The van der Waals surface area contributed by atoms with Crippen LogP contribution in [0.25, 0.3) is 11.4 Å². The first-order chi connectivity index (χ1) is 12.3. The Kier molecular flexibility index (Phi) is 4.74. The molecule has 0 radical (unpaired) electrons. The quantitative estimate of drug-likeness (QED) is 0.704. The lowest BCUT2D eigenvalue weighted by Gasteiger charge is -2.08. The van der Waals surface area contributed by atoms with Crippen LogP contribution in [0.15, 0.2) is 53.7 Å². The van der Waals surface area contributed by atoms with Crippen molar-refractivity contribution >= 4 is 10.0 Å². The second-order valence-electron chi connectivity index (χ2n) is 5.19. The van der Waals surface area contributed by atoms with Crippen LogP contribution in [0.1, 0.15) is 11.4 Å². The van der Waals surface area contributed by atoms with E-state index in [1.165, 1.54) is 0 Å². The van der Waals surface area contributed by atoms with Crippen LogP contribution < -0.4 is 4.72 Å². The standard InChI is InChI=1S/C15H12F3N5O2S/c16-15(17,18)11-1-3-12(4-2-11)26(24,25)20-9-13-21-14(23-22-13)10-5-7-19-8-6-10/h1-8,20H,9H2,(H,21,22,23). The molecule has 26 heavy (non-hydrogen) atoms. The van der Waals surface area contributed by atoms with E-state index >= 15 is 0 Å². The van der Waals surface area contributed by atoms with Crippen LogP contribution in [0.4, 0.5) is 13.2 Å². The molecule has 1 aromatic carbocycles. The summed E-state index contributed by atoms with van der Waals surface area (Å²) in [5.74, 6) is 0.628. The number of halogens is 3. The lowest BCUT2D eigenvalue weighted by molar-refractivity contribution is -0.137. The molecule has 11 heteroatoms. The predicted molar refractivity (Wildman–Crippen MR) is 85.1 cm³/mol. The third-order valence-electron chi connectivity index (χ3n) is 3.39. The summed E-state index contributed by atoms with van der Waals surface area (Å²) in [4.78, 5) is 7.75. The first kappa shape index (κ1) is 18.0. The Morgan fingerprint density at radius 2 is 1.69 bits per heavy atom. The molecule has 0 spiro atoms. The molecule has 3 aromatic rings. The molecule has 0 saturated carbocycles. The van der Waals surface area contributed by atoms with Crippen LogP contribution >= 0.6 is 0 Å². The summed E-state index contributed by atoms with van der Waals surface area (Å²) in [6.45, 7) is -0.193. The Hall–Kier alpha value is -2.79. The highest BCUT2D eigenvalue weighted by Crippen LogP contribution is 2.29. The molecular weight excluding hydrogens is 371 g/mol. The third kappa shape index (κ3) is 4.06. The molecule has 2 N–H and O–H groups in total. The summed E-state index contributed by atoms with van der Waals surface area (Å²) in [5.41, 5.74) is -0.221. The van der Waals surface area contributed by atoms with Crippen molar-refractivity contribution in [1.82, 2.24) is 24.9 Å². The summed E-state index contributed by atoms with van der Waals surface area (Å²) >= 11 is 0. The maximum Gasteiger partial charge on any atom is 0.416 e. The Morgan fingerprint density at radius 1 is 1.04 bits per heavy atom. The van der Waals surface area contributed by atoms with E-state index in [0.717, 1.165) is 12.1 Å². The molecule has 7 nitrogen and oxygen atoms in total. The molecule has 0 fully saturated rings. The van der Waals surface area contributed by atoms with Crippen LogP contribution in [-0.2, 0) is 22.7 Å². The Labute approximate surface area is 146 Å². The van der Waals surface area contributed by atoms with Crippen LogP contribution in [-0.4, -0.2) is 28.6 Å². The zero-order valence-electron chi connectivity index (χ0n) is 13.0. The number of H-pyrrole nitrogens is 1. The van der Waals surface area contributed by atoms with Crippen molar-refractivity contribution in [2.75, 3.05) is 0 Å². The number of nitrogens with zero attached hydrogens (tertiary/aromatic N) is 3. The number of aromatic amines is 1. The van der Waals surface area contributed by atoms with Gasteiger partial charge in [0.25, 0.3) is 0 Å². The number of hydrogen-bond donors (Lipinski definition) is 2. The third-order valence-corrected chi connectivity index (χ3v) is 4.81. The molecule has 136 valence electrons. The molecule has 3 rings (SSSR count). The highest BCUT2D eigenvalue weighted by Gasteiger charge is 2.30. The number of sulfonamides is 1. The van der Waals surface area contributed by atoms with Crippen LogP contribution in [0.2, 0.25) is 0 Å². The van der Waals surface area contributed by atoms with E-state index < -0.39 is 21.8 Å². The van der Waals surface area contributed by atoms with E-state index in [-0.39, 0.29) is 17.3 Å². The molecule has 2 heterocycles. The maximum absolute atomic E-state index is 12.5. The van der Waals surface area contributed by atoms with Gasteiger partial charge >= 0.3 is 6.18 Å². The van der Waals surface area contributed by atoms with Gasteiger partial charge in [0.1, 0.15) is 5.82 Å². The largest absolute Gasteiger partial charge is 0.416 e. The molecular formula is C15H12F3N5O2S. The van der Waals surface area contributed by atoms with Gasteiger partial charge in [0.2, 0.25) is 10.0 Å². The number of aromatic nitrogens is 4. The number of pyridine rings is 1. The average molecular weight is 383 g/mol. The van der Waals surface area contributed by atoms with E-state index in [4.69, 9.17) is 0 Å². The van der Waals surface area contributed by atoms with Crippen molar-refractivity contribution in [2.24, 2.45) is 0 Å². The summed E-state index contributed by atoms with van der Waals surface area (Å²) in [5, 5.41) is 6.57. The van der Waals surface area contributed by atoms with E-state index in [0.29, 0.717) is 23.5 Å². The van der Waals surface area contributed by atoms with E-state index in [2.05, 4.69) is 24.9 Å². The molecule has 0 amide bonds. The zero-order valence-corrected chi connectivity index (χ0v) is 13.8. The summed E-state index contributed by atoms with van der Waals surface area (Å²) < 4.78 is 64.2. The summed E-state index contributed by atoms with van der Waals surface area (Å²) in [6.07, 6.45) is -1.39. The van der Waals surface area contributed by atoms with E-state index in [9.17, 15) is 21.6 Å². The Balaban J connectivity index is 1.70. The second-order valence-corrected chi connectivity index (χ2v) is 6.96. The molecule has 0 aliphatic rings. The van der Waals surface area contributed by atoms with Gasteiger partial charge < -0.3 is 0 Å². The Bertz CT molecular complexity index is 986.